The van der Waals surface area contributed by atoms with Crippen LogP contribution in [0, 0.1) is 45.3 Å². The number of fused-ring (bicyclic) bond motifs is 10. The molecule has 0 spiro atoms. The lowest BCUT2D eigenvalue weighted by Gasteiger charge is -2.70. The molecule has 6 N–H and O–H groups in total. The molecule has 32 heteroatoms. The summed E-state index contributed by atoms with van der Waals surface area (Å²) in [7, 11) is -13.7. The number of hydrogen-bond acceptors (Lipinski definition) is 26. The number of esters is 6. The Bertz CT molecular complexity index is 4970. The minimum absolute atomic E-state index is 0.0603. The highest BCUT2D eigenvalue weighted by Crippen LogP contribution is 2.70. The van der Waals surface area contributed by atoms with Crippen molar-refractivity contribution in [3.05, 3.63) is 166 Å². The van der Waals surface area contributed by atoms with Gasteiger partial charge in [0, 0.05) is 73.0 Å². The fourth-order valence-corrected chi connectivity index (χ4v) is 49.1. The maximum absolute atomic E-state index is 17.6. The summed E-state index contributed by atoms with van der Waals surface area (Å²) in [5, 5.41) is 65.3. The molecule has 2 saturated heterocycles. The normalized spacial score (nSPS) is 31.1. The second-order valence-electron chi connectivity index (χ2n) is 47.8. The molecule has 6 aliphatic carbocycles. The molecule has 145 heavy (non-hydrogen) atoms. The third kappa shape index (κ3) is 21.2. The van der Waals surface area contributed by atoms with Gasteiger partial charge in [-0.15, -0.1) is 0 Å². The van der Waals surface area contributed by atoms with Gasteiger partial charge in [0.25, 0.3) is 0 Å². The van der Waals surface area contributed by atoms with Crippen LogP contribution in [0.3, 0.4) is 0 Å². The standard InChI is InChI=1S/C113H170N2O26Si4/c1-33-142(34-2,35-3)138-82-59-84-110(63-128-84,134-74(19)116)92-96(132-98(120)78-55-47-41-48-56-78)112(126)61-80(70(15)86(106(112,27)28)72(17)94(118)108(82,92)31)130-100(122)90(88(76-51-43-39-44-52-76)114-102(124)136-104(21,22)23)140-144(66(7)8,67(9)10)65-145(68(11)12,69(13)14)141-91(89(77-53-45-40-46-54-77)115-103(125)137-105(24,25)26)101(123)131-81-62-113(127)97(133-99(121)79-57-49-42-50-58-79)93-109(32,95(119)73(18)87(71(81)16)107(113,29)30)83(139-143(36-4,37-5)38-6)60-85-111(93,64-129-85)135-75(20)117/h39-58,66-69,72-73,80-85,88-97,118-119,126-127H,33-38,59-65H2,1-32H3,(H,114,124)(H,115,125)/t72-,73-,80+,81+,82+,83+,84-,85-,88+,89+,90-,91-,92?,93?,94+,95+,96+,97+,108-,109-,110+,111+,112-,113-/m1/s1. The van der Waals surface area contributed by atoms with Crippen LogP contribution in [-0.2, 0) is 84.3 Å². The summed E-state index contributed by atoms with van der Waals surface area (Å²) in [6.45, 7) is 59.8. The second kappa shape index (κ2) is 43.5. The highest BCUT2D eigenvalue weighted by Gasteiger charge is 2.81. The molecule has 6 fully saturated rings. The highest BCUT2D eigenvalue weighted by atomic mass is 28.4. The summed E-state index contributed by atoms with van der Waals surface area (Å²) in [6.07, 6.45) is -18.8. The number of carbonyl (C=O) groups is 8. The van der Waals surface area contributed by atoms with Crippen molar-refractivity contribution < 1.29 is 124 Å². The van der Waals surface area contributed by atoms with Crippen molar-refractivity contribution in [2.45, 2.75) is 430 Å². The number of aliphatic hydroxyl groups is 4. The molecule has 0 radical (unpaired) electrons. The number of aliphatic hydroxyl groups excluding tert-OH is 2. The Labute approximate surface area is 865 Å². The van der Waals surface area contributed by atoms with Crippen LogP contribution in [0.25, 0.3) is 0 Å². The van der Waals surface area contributed by atoms with Crippen LogP contribution in [0.2, 0.25) is 64.1 Å². The summed E-state index contributed by atoms with van der Waals surface area (Å²) in [4.78, 5) is 125. The summed E-state index contributed by atoms with van der Waals surface area (Å²) >= 11 is 0. The molecule has 24 atom stereocenters. The van der Waals surface area contributed by atoms with E-state index in [1.807, 2.05) is 125 Å². The van der Waals surface area contributed by atoms with Gasteiger partial charge < -0.3 is 96.1 Å². The maximum Gasteiger partial charge on any atom is 0.408 e. The first-order valence-corrected chi connectivity index (χ1v) is 62.8. The molecular formula is C113H170N2O26Si4. The molecule has 2 unspecified atom stereocenters. The number of rotatable bonds is 36. The van der Waals surface area contributed by atoms with E-state index in [1.54, 1.807) is 163 Å². The zero-order valence-corrected chi connectivity index (χ0v) is 96.2. The lowest BCUT2D eigenvalue weighted by Crippen LogP contribution is -2.82. The fourth-order valence-electron chi connectivity index (χ4n) is 27.4. The number of benzene rings is 4. The third-order valence-electron chi connectivity index (χ3n) is 36.0. The minimum Gasteiger partial charge on any atom is -0.456 e. The van der Waals surface area contributed by atoms with Crippen LogP contribution in [0.15, 0.2) is 144 Å². The number of alkyl carbamates (subject to hydrolysis) is 2. The smallest absolute Gasteiger partial charge is 0.408 e. The Morgan fingerprint density at radius 1 is 0.448 bits per heavy atom. The highest BCUT2D eigenvalue weighted by molar-refractivity contribution is 6.94. The quantitative estimate of drug-likeness (QED) is 0.0107. The molecule has 8 aliphatic rings. The van der Waals surface area contributed by atoms with Gasteiger partial charge in [-0.05, 0) is 166 Å². The van der Waals surface area contributed by atoms with Crippen molar-refractivity contribution in [1.29, 1.82) is 0 Å². The topological polar surface area (TPSA) is 371 Å². The Morgan fingerprint density at radius 2 is 0.738 bits per heavy atom. The van der Waals surface area contributed by atoms with E-state index in [-0.39, 0.29) is 42.8 Å². The molecule has 4 bridgehead atoms. The molecular weight excluding hydrogens is 1910 g/mol. The Morgan fingerprint density at radius 3 is 0.993 bits per heavy atom. The molecule has 4 aromatic rings. The van der Waals surface area contributed by atoms with E-state index in [1.165, 1.54) is 13.8 Å². The van der Waals surface area contributed by atoms with Crippen molar-refractivity contribution >= 4 is 81.3 Å². The van der Waals surface area contributed by atoms with Crippen molar-refractivity contribution in [2.24, 2.45) is 45.3 Å². The van der Waals surface area contributed by atoms with E-state index < -0.39 is 281 Å². The van der Waals surface area contributed by atoms with E-state index in [0.717, 1.165) is 36.3 Å². The van der Waals surface area contributed by atoms with Crippen molar-refractivity contribution in [3.8, 4) is 0 Å². The second-order valence-corrected chi connectivity index (χ2v) is 67.6. The molecule has 2 amide bonds. The first-order chi connectivity index (χ1) is 67.6. The molecule has 28 nitrogen and oxygen atoms in total. The number of amides is 2. The van der Waals surface area contributed by atoms with Gasteiger partial charge in [-0.25, -0.2) is 28.8 Å². The van der Waals surface area contributed by atoms with Gasteiger partial charge >= 0.3 is 48.0 Å². The first-order valence-electron chi connectivity index (χ1n) is 53.2. The molecule has 2 heterocycles. The van der Waals surface area contributed by atoms with E-state index in [0.29, 0.717) is 33.4 Å². The van der Waals surface area contributed by atoms with Crippen molar-refractivity contribution in [3.63, 3.8) is 0 Å². The van der Waals surface area contributed by atoms with Gasteiger partial charge in [0.2, 0.25) is 0 Å². The van der Waals surface area contributed by atoms with E-state index in [9.17, 15) is 19.8 Å². The summed E-state index contributed by atoms with van der Waals surface area (Å²) in [6, 6.07) is 35.7. The number of hydrogen-bond donors (Lipinski definition) is 6. The van der Waals surface area contributed by atoms with Crippen LogP contribution in [0.5, 0.6) is 0 Å². The largest absolute Gasteiger partial charge is 0.456 e. The average Bonchev–Trinajstić information content (AvgIpc) is 0.668. The maximum atomic E-state index is 17.6. The third-order valence-corrected chi connectivity index (χ3v) is 58.9. The molecule has 12 rings (SSSR count). The van der Waals surface area contributed by atoms with Crippen LogP contribution in [0.4, 0.5) is 9.59 Å². The SMILES string of the molecule is CC[Si](CC)(CC)O[C@H]1C[C@H]2OC[C@@]2(OC(C)=O)C2[C@H](OC(=O)c3ccccc3)[C@]3(O)C[C@H](OC(=O)[C@H](O[Si](C[Si](O[C@@H](C(=O)O[C@H]4C[C@@]5(O)[C@@H](OC(=O)c6ccccc6)C6[C@@](C)([C@@H](O[Si](CC)(CC)CC)C[C@H]7OC[C@@]67OC(C)=O)[C@@H](O)[C@H](C)C(=C4C)C5(C)C)[C@@H](NC(=O)OC(C)(C)C)c4ccccc4)(C(C)C)C(C)C)(C(C)C)C(C)C)[C@@H](NC(=O)OC(C)(C)C)c4ccccc4)C(C)=C([C@@H](C)[C@H](O)[C@@]21C)C3(C)C. The molecule has 804 valence electrons. The lowest BCUT2D eigenvalue weighted by molar-refractivity contribution is -0.362. The lowest BCUT2D eigenvalue weighted by atomic mass is 9.43. The minimum atomic E-state index is -4.16. The number of carbonyl (C=O) groups excluding carboxylic acids is 8. The predicted molar refractivity (Wildman–Crippen MR) is 562 cm³/mol. The molecule has 4 saturated carbocycles. The Hall–Kier alpha value is -7.81. The van der Waals surface area contributed by atoms with Gasteiger partial charge in [-0.1, -0.05) is 261 Å². The number of ether oxygens (including phenoxy) is 10. The van der Waals surface area contributed by atoms with Crippen molar-refractivity contribution in [2.75, 3.05) is 13.2 Å². The Kier molecular flexibility index (Phi) is 34.8. The summed E-state index contributed by atoms with van der Waals surface area (Å²) in [5.74, 6) is -9.48. The molecule has 2 aliphatic heterocycles. The van der Waals surface area contributed by atoms with E-state index in [2.05, 4.69) is 52.2 Å². The van der Waals surface area contributed by atoms with Crippen LogP contribution in [-0.4, -0.2) is 222 Å². The van der Waals surface area contributed by atoms with Crippen LogP contribution < -0.4 is 10.6 Å². The summed E-state index contributed by atoms with van der Waals surface area (Å²) in [5.41, 5.74) is -15.3. The van der Waals surface area contributed by atoms with E-state index in [4.69, 9.17) is 65.1 Å². The zero-order chi connectivity index (χ0) is 108. The van der Waals surface area contributed by atoms with E-state index >= 15 is 39.0 Å². The molecule has 4 aromatic carbocycles. The van der Waals surface area contributed by atoms with Gasteiger partial charge in [-0.3, -0.25) is 9.59 Å². The van der Waals surface area contributed by atoms with Gasteiger partial charge in [0.1, 0.15) is 59.0 Å². The monoisotopic (exact) mass is 2080 g/mol. The summed E-state index contributed by atoms with van der Waals surface area (Å²) < 4.78 is 99.9. The first kappa shape index (κ1) is 116. The van der Waals surface area contributed by atoms with Crippen molar-refractivity contribution in [1.82, 2.24) is 10.6 Å². The van der Waals surface area contributed by atoms with Crippen LogP contribution >= 0.6 is 0 Å². The Balaban J connectivity index is 1.05. The predicted octanol–water partition coefficient (Wildman–Crippen LogP) is 20.8. The van der Waals surface area contributed by atoms with Crippen LogP contribution in [0.1, 0.15) is 291 Å². The van der Waals surface area contributed by atoms with Gasteiger partial charge in [-0.2, -0.15) is 0 Å². The van der Waals surface area contributed by atoms with Gasteiger partial charge in [0.05, 0.1) is 72.7 Å². The van der Waals surface area contributed by atoms with Gasteiger partial charge in [0.15, 0.2) is 56.7 Å². The fraction of sp³-hybridized carbons (Fsp3) is 0.681. The molecule has 0 aromatic heterocycles. The average molecular weight is 2080 g/mol. The zero-order valence-electron chi connectivity index (χ0n) is 92.2. The number of nitrogens with one attached hydrogen (secondary N) is 2.